The van der Waals surface area contributed by atoms with Gasteiger partial charge in [-0.05, 0) is 69.2 Å². The molecule has 0 aromatic rings. The van der Waals surface area contributed by atoms with E-state index < -0.39 is 5.97 Å². The number of fused-ring (bicyclic) bond motifs is 2. The lowest BCUT2D eigenvalue weighted by Crippen LogP contribution is -2.38. The summed E-state index contributed by atoms with van der Waals surface area (Å²) in [5, 5.41) is 12.7. The zero-order valence-corrected chi connectivity index (χ0v) is 11.1. The molecular weight excluding hydrogens is 226 g/mol. The van der Waals surface area contributed by atoms with Gasteiger partial charge in [-0.15, -0.1) is 0 Å². The van der Waals surface area contributed by atoms with Gasteiger partial charge in [-0.25, -0.2) is 0 Å². The highest BCUT2D eigenvalue weighted by Crippen LogP contribution is 2.48. The third-order valence-corrected chi connectivity index (χ3v) is 5.63. The molecule has 3 aliphatic rings. The summed E-state index contributed by atoms with van der Waals surface area (Å²) in [6, 6.07) is 0.583. The van der Waals surface area contributed by atoms with Gasteiger partial charge < -0.3 is 10.4 Å². The van der Waals surface area contributed by atoms with E-state index >= 15 is 0 Å². The van der Waals surface area contributed by atoms with E-state index in [1.807, 2.05) is 0 Å². The number of carboxylic acids is 1. The molecule has 0 saturated heterocycles. The van der Waals surface area contributed by atoms with Crippen molar-refractivity contribution in [2.24, 2.45) is 23.7 Å². The average molecular weight is 251 g/mol. The SMILES string of the molecule is O=C(O)C1CCC(NCC2CC3CCC2C3)CC1. The van der Waals surface area contributed by atoms with E-state index in [0.29, 0.717) is 6.04 Å². The van der Waals surface area contributed by atoms with Gasteiger partial charge >= 0.3 is 5.97 Å². The van der Waals surface area contributed by atoms with Crippen molar-refractivity contribution in [2.75, 3.05) is 6.54 Å². The standard InChI is InChI=1S/C15H25NO2/c17-15(18)11-3-5-14(6-4-11)16-9-13-8-10-1-2-12(13)7-10/h10-14,16H,1-9H2,(H,17,18). The predicted molar refractivity (Wildman–Crippen MR) is 70.3 cm³/mol. The van der Waals surface area contributed by atoms with Crippen LogP contribution in [0.2, 0.25) is 0 Å². The lowest BCUT2D eigenvalue weighted by Gasteiger charge is -2.30. The molecule has 3 saturated carbocycles. The van der Waals surface area contributed by atoms with Crippen LogP contribution in [0.4, 0.5) is 0 Å². The molecule has 2 N–H and O–H groups in total. The molecule has 0 radical (unpaired) electrons. The molecule has 0 heterocycles. The molecule has 3 rings (SSSR count). The Labute approximate surface area is 109 Å². The Morgan fingerprint density at radius 2 is 1.83 bits per heavy atom. The maximum Gasteiger partial charge on any atom is 0.306 e. The fourth-order valence-corrected chi connectivity index (χ4v) is 4.49. The van der Waals surface area contributed by atoms with Crippen molar-refractivity contribution < 1.29 is 9.90 Å². The topological polar surface area (TPSA) is 49.3 Å². The van der Waals surface area contributed by atoms with E-state index in [4.69, 9.17) is 5.11 Å². The zero-order valence-electron chi connectivity index (χ0n) is 11.1. The molecule has 3 unspecified atom stereocenters. The van der Waals surface area contributed by atoms with Crippen molar-refractivity contribution in [3.05, 3.63) is 0 Å². The molecule has 0 aromatic carbocycles. The second-order valence-electron chi connectivity index (χ2n) is 6.73. The first-order valence-electron chi connectivity index (χ1n) is 7.68. The summed E-state index contributed by atoms with van der Waals surface area (Å²) in [6.45, 7) is 1.18. The minimum atomic E-state index is -0.596. The summed E-state index contributed by atoms with van der Waals surface area (Å²) >= 11 is 0. The second kappa shape index (κ2) is 5.20. The van der Waals surface area contributed by atoms with Crippen LogP contribution in [-0.2, 0) is 4.79 Å². The van der Waals surface area contributed by atoms with Crippen molar-refractivity contribution in [1.29, 1.82) is 0 Å². The van der Waals surface area contributed by atoms with Crippen LogP contribution in [0.25, 0.3) is 0 Å². The Morgan fingerprint density at radius 3 is 2.39 bits per heavy atom. The predicted octanol–water partition coefficient (Wildman–Crippen LogP) is 2.66. The smallest absolute Gasteiger partial charge is 0.306 e. The molecular formula is C15H25NO2. The molecule has 0 spiro atoms. The van der Waals surface area contributed by atoms with Crippen LogP contribution >= 0.6 is 0 Å². The quantitative estimate of drug-likeness (QED) is 0.807. The summed E-state index contributed by atoms with van der Waals surface area (Å²) in [4.78, 5) is 10.9. The van der Waals surface area contributed by atoms with E-state index in [1.54, 1.807) is 0 Å². The van der Waals surface area contributed by atoms with Gasteiger partial charge in [0.25, 0.3) is 0 Å². The first-order chi connectivity index (χ1) is 8.72. The molecule has 3 fully saturated rings. The van der Waals surface area contributed by atoms with Crippen LogP contribution in [0, 0.1) is 23.7 Å². The van der Waals surface area contributed by atoms with Gasteiger partial charge in [0.05, 0.1) is 5.92 Å². The highest BCUT2D eigenvalue weighted by atomic mass is 16.4. The first-order valence-corrected chi connectivity index (χ1v) is 7.68. The summed E-state index contributed by atoms with van der Waals surface area (Å²) in [5.41, 5.74) is 0. The molecule has 3 heteroatoms. The van der Waals surface area contributed by atoms with Crippen LogP contribution in [0.5, 0.6) is 0 Å². The Balaban J connectivity index is 1.38. The van der Waals surface area contributed by atoms with E-state index in [1.165, 1.54) is 32.2 Å². The lowest BCUT2D eigenvalue weighted by molar-refractivity contribution is -0.142. The van der Waals surface area contributed by atoms with Crippen molar-refractivity contribution in [3.63, 3.8) is 0 Å². The van der Waals surface area contributed by atoms with Crippen LogP contribution in [0.15, 0.2) is 0 Å². The van der Waals surface area contributed by atoms with Crippen LogP contribution in [0.3, 0.4) is 0 Å². The third-order valence-electron chi connectivity index (χ3n) is 5.63. The highest BCUT2D eigenvalue weighted by Gasteiger charge is 2.39. The fourth-order valence-electron chi connectivity index (χ4n) is 4.49. The fraction of sp³-hybridized carbons (Fsp3) is 0.933. The summed E-state index contributed by atoms with van der Waals surface area (Å²) in [6.07, 6.45) is 9.71. The van der Waals surface area contributed by atoms with E-state index in [2.05, 4.69) is 5.32 Å². The third kappa shape index (κ3) is 2.56. The summed E-state index contributed by atoms with van der Waals surface area (Å²) < 4.78 is 0. The highest BCUT2D eigenvalue weighted by molar-refractivity contribution is 5.70. The first kappa shape index (κ1) is 12.5. The number of rotatable bonds is 4. The Hall–Kier alpha value is -0.570. The molecule has 18 heavy (non-hydrogen) atoms. The maximum atomic E-state index is 10.9. The van der Waals surface area contributed by atoms with Gasteiger partial charge in [-0.3, -0.25) is 4.79 Å². The largest absolute Gasteiger partial charge is 0.481 e. The Morgan fingerprint density at radius 1 is 1.06 bits per heavy atom. The van der Waals surface area contributed by atoms with E-state index in [0.717, 1.165) is 43.4 Å². The average Bonchev–Trinajstić information content (AvgIpc) is 2.99. The molecule has 3 aliphatic carbocycles. The minimum absolute atomic E-state index is 0.0782. The molecule has 102 valence electrons. The minimum Gasteiger partial charge on any atom is -0.481 e. The maximum absolute atomic E-state index is 10.9. The Bertz CT molecular complexity index is 310. The molecule has 0 aliphatic heterocycles. The van der Waals surface area contributed by atoms with Gasteiger partial charge in [-0.2, -0.15) is 0 Å². The van der Waals surface area contributed by atoms with Crippen molar-refractivity contribution in [3.8, 4) is 0 Å². The van der Waals surface area contributed by atoms with Gasteiger partial charge in [0.2, 0.25) is 0 Å². The number of carbonyl (C=O) groups is 1. The number of nitrogens with one attached hydrogen (secondary N) is 1. The normalized spacial score (nSPS) is 43.2. The zero-order chi connectivity index (χ0) is 12.5. The van der Waals surface area contributed by atoms with Gasteiger partial charge in [0.1, 0.15) is 0 Å². The number of carboxylic acid groups (broad SMARTS) is 1. The van der Waals surface area contributed by atoms with E-state index in [9.17, 15) is 4.79 Å². The van der Waals surface area contributed by atoms with Gasteiger partial charge in [0.15, 0.2) is 0 Å². The summed E-state index contributed by atoms with van der Waals surface area (Å²) in [7, 11) is 0. The molecule has 3 atom stereocenters. The van der Waals surface area contributed by atoms with Gasteiger partial charge in [0, 0.05) is 6.04 Å². The number of hydrogen-bond acceptors (Lipinski definition) is 2. The molecule has 3 nitrogen and oxygen atoms in total. The van der Waals surface area contributed by atoms with Crippen molar-refractivity contribution in [2.45, 2.75) is 57.4 Å². The van der Waals surface area contributed by atoms with E-state index in [-0.39, 0.29) is 5.92 Å². The molecule has 0 amide bonds. The van der Waals surface area contributed by atoms with Gasteiger partial charge in [-0.1, -0.05) is 6.42 Å². The van der Waals surface area contributed by atoms with Crippen LogP contribution in [-0.4, -0.2) is 23.7 Å². The molecule has 2 bridgehead atoms. The van der Waals surface area contributed by atoms with Crippen molar-refractivity contribution in [1.82, 2.24) is 5.32 Å². The number of aliphatic carboxylic acids is 1. The second-order valence-corrected chi connectivity index (χ2v) is 6.73. The summed E-state index contributed by atoms with van der Waals surface area (Å²) in [5.74, 6) is 2.27. The van der Waals surface area contributed by atoms with Crippen LogP contribution in [0.1, 0.15) is 51.4 Å². The number of hydrogen-bond donors (Lipinski definition) is 2. The Kier molecular flexibility index (Phi) is 3.60. The van der Waals surface area contributed by atoms with Crippen molar-refractivity contribution >= 4 is 5.97 Å². The lowest BCUT2D eigenvalue weighted by atomic mass is 9.85. The molecule has 0 aromatic heterocycles. The monoisotopic (exact) mass is 251 g/mol. The van der Waals surface area contributed by atoms with Crippen LogP contribution < -0.4 is 5.32 Å².